The van der Waals surface area contributed by atoms with E-state index in [1.807, 2.05) is 13.8 Å². The molecular formula is C12H17ClN2O2. The Morgan fingerprint density at radius 3 is 2.59 bits per heavy atom. The van der Waals surface area contributed by atoms with Crippen LogP contribution in [0.3, 0.4) is 0 Å². The molecule has 17 heavy (non-hydrogen) atoms. The first kappa shape index (κ1) is 13.9. The minimum absolute atomic E-state index is 0.169. The third-order valence-electron chi connectivity index (χ3n) is 3.08. The van der Waals surface area contributed by atoms with Crippen LogP contribution in [-0.2, 0) is 4.74 Å². The van der Waals surface area contributed by atoms with E-state index in [-0.39, 0.29) is 11.6 Å². The second-order valence-electron chi connectivity index (χ2n) is 3.82. The van der Waals surface area contributed by atoms with Crippen molar-refractivity contribution in [3.05, 3.63) is 22.8 Å². The van der Waals surface area contributed by atoms with E-state index in [2.05, 4.69) is 4.98 Å². The molecule has 2 N–H and O–H groups in total. The molecule has 94 valence electrons. The van der Waals surface area contributed by atoms with E-state index in [0.717, 1.165) is 0 Å². The van der Waals surface area contributed by atoms with Gasteiger partial charge in [0.1, 0.15) is 11.4 Å². The number of nitrogen functional groups attached to an aromatic ring is 1. The Labute approximate surface area is 106 Å². The van der Waals surface area contributed by atoms with Crippen molar-refractivity contribution in [2.75, 3.05) is 12.8 Å². The van der Waals surface area contributed by atoms with Crippen LogP contribution in [0.2, 0.25) is 5.02 Å². The third kappa shape index (κ3) is 2.58. The molecule has 0 aromatic carbocycles. The van der Waals surface area contributed by atoms with Crippen molar-refractivity contribution < 1.29 is 9.53 Å². The number of hydrogen-bond acceptors (Lipinski definition) is 4. The lowest BCUT2D eigenvalue weighted by molar-refractivity contribution is -0.00256. The zero-order chi connectivity index (χ0) is 13.1. The summed E-state index contributed by atoms with van der Waals surface area (Å²) < 4.78 is 5.37. The van der Waals surface area contributed by atoms with Crippen LogP contribution in [0.15, 0.2) is 12.3 Å². The number of pyridine rings is 1. The molecule has 0 saturated heterocycles. The van der Waals surface area contributed by atoms with E-state index in [9.17, 15) is 4.79 Å². The molecule has 0 aliphatic rings. The average Bonchev–Trinajstić information content (AvgIpc) is 2.35. The Morgan fingerprint density at radius 2 is 2.12 bits per heavy atom. The van der Waals surface area contributed by atoms with Crippen LogP contribution in [0.5, 0.6) is 0 Å². The number of hydrogen-bond donors (Lipinski definition) is 1. The quantitative estimate of drug-likeness (QED) is 0.823. The van der Waals surface area contributed by atoms with Gasteiger partial charge in [0.25, 0.3) is 0 Å². The fourth-order valence-corrected chi connectivity index (χ4v) is 1.99. The van der Waals surface area contributed by atoms with Crippen LogP contribution >= 0.6 is 11.6 Å². The zero-order valence-corrected chi connectivity index (χ0v) is 11.0. The number of Topliss-reactive ketones (excluding diaryl/α,β-unsaturated/α-hetero) is 1. The van der Waals surface area contributed by atoms with Crippen molar-refractivity contribution in [2.24, 2.45) is 0 Å². The van der Waals surface area contributed by atoms with Gasteiger partial charge in [-0.05, 0) is 18.9 Å². The zero-order valence-electron chi connectivity index (χ0n) is 10.3. The molecule has 5 heteroatoms. The van der Waals surface area contributed by atoms with E-state index < -0.39 is 5.60 Å². The molecule has 4 nitrogen and oxygen atoms in total. The Balaban J connectivity index is 3.23. The topological polar surface area (TPSA) is 65.2 Å². The van der Waals surface area contributed by atoms with Gasteiger partial charge in [0, 0.05) is 13.3 Å². The number of nitrogens with zero attached hydrogens (tertiary/aromatic N) is 1. The average molecular weight is 257 g/mol. The molecule has 0 amide bonds. The van der Waals surface area contributed by atoms with Crippen LogP contribution in [-0.4, -0.2) is 23.5 Å². The van der Waals surface area contributed by atoms with Crippen molar-refractivity contribution in [3.8, 4) is 0 Å². The van der Waals surface area contributed by atoms with Gasteiger partial charge in [-0.25, -0.2) is 4.98 Å². The molecule has 0 aliphatic carbocycles. The van der Waals surface area contributed by atoms with Crippen LogP contribution in [0.1, 0.15) is 37.0 Å². The predicted molar refractivity (Wildman–Crippen MR) is 68.3 cm³/mol. The molecule has 1 heterocycles. The van der Waals surface area contributed by atoms with Gasteiger partial charge in [0.2, 0.25) is 0 Å². The first-order chi connectivity index (χ1) is 8.00. The molecule has 0 fully saturated rings. The fraction of sp³-hybridized carbons (Fsp3) is 0.500. The molecule has 0 spiro atoms. The summed E-state index contributed by atoms with van der Waals surface area (Å²) in [5, 5.41) is 0.389. The van der Waals surface area contributed by atoms with E-state index in [4.69, 9.17) is 22.1 Å². The second-order valence-corrected chi connectivity index (χ2v) is 4.26. The Bertz CT molecular complexity index is 409. The summed E-state index contributed by atoms with van der Waals surface area (Å²) in [5.74, 6) is 0.0141. The van der Waals surface area contributed by atoms with Crippen molar-refractivity contribution in [1.29, 1.82) is 0 Å². The molecule has 0 radical (unpaired) electrons. The van der Waals surface area contributed by atoms with E-state index in [1.165, 1.54) is 19.4 Å². The minimum atomic E-state index is -0.847. The molecule has 1 rings (SSSR count). The van der Waals surface area contributed by atoms with Gasteiger partial charge >= 0.3 is 0 Å². The monoisotopic (exact) mass is 256 g/mol. The van der Waals surface area contributed by atoms with Gasteiger partial charge in [-0.3, -0.25) is 4.79 Å². The van der Waals surface area contributed by atoms with E-state index in [0.29, 0.717) is 23.4 Å². The highest BCUT2D eigenvalue weighted by molar-refractivity contribution is 6.31. The van der Waals surface area contributed by atoms with Crippen molar-refractivity contribution in [2.45, 2.75) is 32.3 Å². The Hall–Kier alpha value is -1.13. The first-order valence-electron chi connectivity index (χ1n) is 5.51. The number of rotatable bonds is 5. The minimum Gasteiger partial charge on any atom is -0.383 e. The molecule has 0 saturated carbocycles. The number of ether oxygens (including phenoxy) is 1. The van der Waals surface area contributed by atoms with Gasteiger partial charge in [-0.1, -0.05) is 25.4 Å². The number of methoxy groups -OCH3 is 1. The van der Waals surface area contributed by atoms with Gasteiger partial charge < -0.3 is 10.5 Å². The van der Waals surface area contributed by atoms with Crippen molar-refractivity contribution in [3.63, 3.8) is 0 Å². The summed E-state index contributed by atoms with van der Waals surface area (Å²) in [4.78, 5) is 16.3. The molecular weight excluding hydrogens is 240 g/mol. The predicted octanol–water partition coefficient (Wildman–Crippen LogP) is 2.71. The van der Waals surface area contributed by atoms with Gasteiger partial charge in [-0.2, -0.15) is 0 Å². The molecule has 0 aliphatic heterocycles. The number of ketones is 1. The van der Waals surface area contributed by atoms with Gasteiger partial charge in [0.05, 0.1) is 10.6 Å². The summed E-state index contributed by atoms with van der Waals surface area (Å²) in [7, 11) is 1.53. The third-order valence-corrected chi connectivity index (χ3v) is 3.28. The highest BCUT2D eigenvalue weighted by atomic mass is 35.5. The first-order valence-corrected chi connectivity index (χ1v) is 5.89. The summed E-state index contributed by atoms with van der Waals surface area (Å²) >= 11 is 5.83. The number of carbonyl (C=O) groups is 1. The lowest BCUT2D eigenvalue weighted by Gasteiger charge is -2.28. The summed E-state index contributed by atoms with van der Waals surface area (Å²) in [6.45, 7) is 3.80. The Morgan fingerprint density at radius 1 is 1.53 bits per heavy atom. The lowest BCUT2D eigenvalue weighted by Crippen LogP contribution is -2.40. The number of aromatic nitrogens is 1. The standard InChI is InChI=1S/C12H17ClN2O2/c1-4-12(5-2,17-3)10(16)9-6-8(13)7-15-11(9)14/h6-7H,4-5H2,1-3H3,(H2,14,15). The van der Waals surface area contributed by atoms with Crippen LogP contribution in [0.25, 0.3) is 0 Å². The second kappa shape index (κ2) is 5.47. The van der Waals surface area contributed by atoms with Gasteiger partial charge in [-0.15, -0.1) is 0 Å². The van der Waals surface area contributed by atoms with Gasteiger partial charge in [0.15, 0.2) is 5.78 Å². The lowest BCUT2D eigenvalue weighted by atomic mass is 9.88. The molecule has 1 aromatic rings. The summed E-state index contributed by atoms with van der Waals surface area (Å²) in [5.41, 5.74) is 5.18. The molecule has 0 unspecified atom stereocenters. The molecule has 0 atom stereocenters. The summed E-state index contributed by atoms with van der Waals surface area (Å²) in [6, 6.07) is 1.53. The summed E-state index contributed by atoms with van der Waals surface area (Å²) in [6.07, 6.45) is 2.57. The van der Waals surface area contributed by atoms with Crippen molar-refractivity contribution in [1.82, 2.24) is 4.98 Å². The number of anilines is 1. The molecule has 0 bridgehead atoms. The highest BCUT2D eigenvalue weighted by Gasteiger charge is 2.36. The SMILES string of the molecule is CCC(CC)(OC)C(=O)c1cc(Cl)cnc1N. The highest BCUT2D eigenvalue weighted by Crippen LogP contribution is 2.28. The normalized spacial score (nSPS) is 11.5. The largest absolute Gasteiger partial charge is 0.383 e. The number of carbonyl (C=O) groups excluding carboxylic acids is 1. The van der Waals surface area contributed by atoms with E-state index in [1.54, 1.807) is 0 Å². The fourth-order valence-electron chi connectivity index (χ4n) is 1.83. The maximum Gasteiger partial charge on any atom is 0.198 e. The van der Waals surface area contributed by atoms with Crippen LogP contribution in [0.4, 0.5) is 5.82 Å². The number of nitrogens with two attached hydrogens (primary N) is 1. The maximum absolute atomic E-state index is 12.4. The van der Waals surface area contributed by atoms with Crippen molar-refractivity contribution >= 4 is 23.2 Å². The molecule has 1 aromatic heterocycles. The van der Waals surface area contributed by atoms with Crippen LogP contribution < -0.4 is 5.73 Å². The van der Waals surface area contributed by atoms with E-state index >= 15 is 0 Å². The smallest absolute Gasteiger partial charge is 0.198 e. The van der Waals surface area contributed by atoms with Crippen LogP contribution in [0, 0.1) is 0 Å². The maximum atomic E-state index is 12.4. The number of halogens is 1. The Kier molecular flexibility index (Phi) is 4.48.